The lowest BCUT2D eigenvalue weighted by Gasteiger charge is -2.57. The number of H-pyrrole nitrogens is 1. The van der Waals surface area contributed by atoms with Crippen molar-refractivity contribution in [3.05, 3.63) is 99.6 Å². The summed E-state index contributed by atoms with van der Waals surface area (Å²) >= 11 is 0. The van der Waals surface area contributed by atoms with Crippen LogP contribution in [0.4, 0.5) is 21.6 Å². The summed E-state index contributed by atoms with van der Waals surface area (Å²) in [6.07, 6.45) is 12.7. The Morgan fingerprint density at radius 3 is 2.55 bits per heavy atom. The first kappa shape index (κ1) is 48.2. The molecule has 3 aromatic heterocycles. The molecule has 2 saturated heterocycles. The van der Waals surface area contributed by atoms with Gasteiger partial charge in [-0.3, -0.25) is 19.8 Å². The molecule has 1 spiro atoms. The highest BCUT2D eigenvalue weighted by Crippen LogP contribution is 2.53. The molecule has 0 bridgehead atoms. The maximum absolute atomic E-state index is 14.9. The smallest absolute Gasteiger partial charge is 0.312 e. The summed E-state index contributed by atoms with van der Waals surface area (Å²) in [5.41, 5.74) is 3.03. The number of carbonyl (C=O) groups is 1. The van der Waals surface area contributed by atoms with Crippen LogP contribution in [0, 0.1) is 21.3 Å². The number of nitro groups is 1. The van der Waals surface area contributed by atoms with Gasteiger partial charge in [-0.15, -0.1) is 0 Å². The number of pyridine rings is 2. The third-order valence-corrected chi connectivity index (χ3v) is 16.6. The second-order valence-corrected chi connectivity index (χ2v) is 21.8. The lowest BCUT2D eigenvalue weighted by atomic mass is 9.70. The largest absolute Gasteiger partial charge is 0.475 e. The number of benzene rings is 2. The molecule has 9 rings (SSSR count). The van der Waals surface area contributed by atoms with Gasteiger partial charge in [-0.05, 0) is 118 Å². The number of sulfonamides is 1. The normalized spacial score (nSPS) is 20.6. The summed E-state index contributed by atoms with van der Waals surface area (Å²) in [4.78, 5) is 41.1. The van der Waals surface area contributed by atoms with Crippen LogP contribution in [-0.2, 0) is 15.4 Å². The number of fused-ring (bicyclic) bond motifs is 1. The average Bonchev–Trinajstić information content (AvgIpc) is 3.71. The Balaban J connectivity index is 0.922. The zero-order chi connectivity index (χ0) is 48.7. The molecule has 1 amide bonds. The van der Waals surface area contributed by atoms with E-state index in [1.807, 2.05) is 11.6 Å². The Morgan fingerprint density at radius 2 is 1.83 bits per heavy atom. The molecule has 0 unspecified atom stereocenters. The van der Waals surface area contributed by atoms with Gasteiger partial charge in [0.15, 0.2) is 5.75 Å². The van der Waals surface area contributed by atoms with E-state index in [1.165, 1.54) is 44.2 Å². The number of rotatable bonds is 19. The lowest BCUT2D eigenvalue weighted by Crippen LogP contribution is -2.63. The zero-order valence-electron chi connectivity index (χ0n) is 39.9. The number of nitrogens with one attached hydrogen (secondary N) is 3. The molecule has 18 heteroatoms. The van der Waals surface area contributed by atoms with E-state index >= 15 is 0 Å². The fourth-order valence-electron chi connectivity index (χ4n) is 10.7. The number of piperidine rings is 1. The summed E-state index contributed by atoms with van der Waals surface area (Å²) < 4.78 is 56.7. The van der Waals surface area contributed by atoms with E-state index in [4.69, 9.17) is 9.47 Å². The number of unbranched alkanes of at least 4 members (excludes halogenated alkanes) is 1. The Kier molecular flexibility index (Phi) is 13.4. The van der Waals surface area contributed by atoms with Crippen molar-refractivity contribution in [3.8, 4) is 17.4 Å². The quantitative estimate of drug-likeness (QED) is 0.0346. The van der Waals surface area contributed by atoms with Crippen LogP contribution in [0.25, 0.3) is 11.0 Å². The number of aromatic amines is 1. The topological polar surface area (TPSA) is 205 Å². The fourth-order valence-corrected chi connectivity index (χ4v) is 11.6. The molecule has 5 aromatic rings. The van der Waals surface area contributed by atoms with Gasteiger partial charge in [-0.1, -0.05) is 44.5 Å². The van der Waals surface area contributed by atoms with E-state index in [9.17, 15) is 32.8 Å². The van der Waals surface area contributed by atoms with E-state index < -0.39 is 42.9 Å². The zero-order valence-corrected chi connectivity index (χ0v) is 40.7. The highest BCUT2D eigenvalue weighted by atomic mass is 32.2. The first-order valence-electron chi connectivity index (χ1n) is 24.4. The highest BCUT2D eigenvalue weighted by molar-refractivity contribution is 7.90. The molecule has 16 nitrogen and oxygen atoms in total. The van der Waals surface area contributed by atoms with Crippen molar-refractivity contribution in [1.29, 1.82) is 0 Å². The molecule has 5 heterocycles. The van der Waals surface area contributed by atoms with E-state index in [2.05, 4.69) is 61.3 Å². The van der Waals surface area contributed by atoms with E-state index in [1.54, 1.807) is 37.1 Å². The number of halogens is 1. The standard InChI is InChI=1S/C51H63FN8O8S/c1-5-50(4,62)18-9-10-23-53-46-42(60(63)64)27-34(29-54-46)69(65,66)57-47(61)37-17-16-33(26-43(37)68-44-28-38-40(52)30-55-45(38)56-48(44)67-6-2)58-24-21-51(22-25-58)31-59(32-51)41-15-11-13-36(41)35-12-7-8-14-39(35)49(3)19-20-49/h7-8,12,14,16-17,26-30,36,41,62H,5-6,9-11,13,15,18-25,31-32H2,1-4H3,(H,53,54)(H,55,56)(H,57,61)/t36-,41-,50-/m1/s1. The summed E-state index contributed by atoms with van der Waals surface area (Å²) in [5, 5.41) is 25.4. The Labute approximate surface area is 402 Å². The van der Waals surface area contributed by atoms with Crippen molar-refractivity contribution in [3.63, 3.8) is 0 Å². The van der Waals surface area contributed by atoms with Crippen LogP contribution < -0.4 is 24.4 Å². The molecule has 0 radical (unpaired) electrons. The van der Waals surface area contributed by atoms with E-state index in [-0.39, 0.29) is 51.8 Å². The number of nitrogens with zero attached hydrogens (tertiary/aromatic N) is 5. The number of hydrogen-bond acceptors (Lipinski definition) is 13. The first-order chi connectivity index (χ1) is 33.0. The number of carbonyl (C=O) groups excluding carboxylic acids is 1. The van der Waals surface area contributed by atoms with Gasteiger partial charge < -0.3 is 29.8 Å². The van der Waals surface area contributed by atoms with Crippen LogP contribution in [-0.4, -0.2) is 95.2 Å². The first-order valence-corrected chi connectivity index (χ1v) is 25.9. The summed E-state index contributed by atoms with van der Waals surface area (Å²) in [6.45, 7) is 11.9. The second-order valence-electron chi connectivity index (χ2n) is 20.1. The minimum atomic E-state index is -4.72. The van der Waals surface area contributed by atoms with Crippen molar-refractivity contribution in [2.45, 2.75) is 126 Å². The van der Waals surface area contributed by atoms with Crippen LogP contribution >= 0.6 is 0 Å². The number of anilines is 2. The minimum Gasteiger partial charge on any atom is -0.475 e. The van der Waals surface area contributed by atoms with Crippen molar-refractivity contribution < 1.29 is 37.1 Å². The number of amides is 1. The van der Waals surface area contributed by atoms with Gasteiger partial charge in [0.1, 0.15) is 22.1 Å². The van der Waals surface area contributed by atoms with Gasteiger partial charge in [0.25, 0.3) is 21.8 Å². The Hall–Kier alpha value is -5.85. The molecule has 3 atom stereocenters. The molecule has 2 aliphatic heterocycles. The van der Waals surface area contributed by atoms with Crippen molar-refractivity contribution in [1.82, 2.24) is 24.6 Å². The van der Waals surface area contributed by atoms with Crippen LogP contribution in [0.3, 0.4) is 0 Å². The van der Waals surface area contributed by atoms with E-state index in [0.29, 0.717) is 49.6 Å². The third kappa shape index (κ3) is 10.1. The maximum Gasteiger partial charge on any atom is 0.312 e. The summed E-state index contributed by atoms with van der Waals surface area (Å²) in [6, 6.07) is 16.8. The summed E-state index contributed by atoms with van der Waals surface area (Å²) in [7, 11) is -4.72. The molecule has 4 fully saturated rings. The predicted molar refractivity (Wildman–Crippen MR) is 261 cm³/mol. The number of aromatic nitrogens is 3. The van der Waals surface area contributed by atoms with Gasteiger partial charge in [0, 0.05) is 68.8 Å². The third-order valence-electron chi connectivity index (χ3n) is 15.3. The molecular formula is C51H63FN8O8S. The monoisotopic (exact) mass is 966 g/mol. The maximum atomic E-state index is 14.9. The van der Waals surface area contributed by atoms with Crippen molar-refractivity contribution in [2.75, 3.05) is 49.5 Å². The van der Waals surface area contributed by atoms with Crippen molar-refractivity contribution in [2.24, 2.45) is 5.41 Å². The molecule has 2 aromatic carbocycles. The molecule has 2 saturated carbocycles. The van der Waals surface area contributed by atoms with Crippen LogP contribution in [0.5, 0.6) is 17.4 Å². The highest BCUT2D eigenvalue weighted by Gasteiger charge is 2.50. The van der Waals surface area contributed by atoms with Crippen LogP contribution in [0.15, 0.2) is 71.9 Å². The number of hydrogen-bond donors (Lipinski definition) is 4. The number of ether oxygens (including phenoxy) is 2. The number of aliphatic hydroxyl groups is 1. The molecular weight excluding hydrogens is 904 g/mol. The van der Waals surface area contributed by atoms with Crippen LogP contribution in [0.1, 0.15) is 126 Å². The SMILES string of the molecule is CCOc1nc2[nH]cc(F)c2cc1Oc1cc(N2CCC3(CC2)CN([C@@H]2CCC[C@@H]2c2ccccc2C2(C)CC2)C3)ccc1C(=O)NS(=O)(=O)c1cnc(NCCCC[C@](C)(O)CC)c([N+](=O)[O-])c1. The summed E-state index contributed by atoms with van der Waals surface area (Å²) in [5.74, 6) is -1.23. The lowest BCUT2D eigenvalue weighted by molar-refractivity contribution is -0.384. The minimum absolute atomic E-state index is 0.00166. The molecule has 4 N–H and O–H groups in total. The fraction of sp³-hybridized carbons (Fsp3) is 0.510. The second kappa shape index (κ2) is 19.2. The average molecular weight is 967 g/mol. The van der Waals surface area contributed by atoms with Gasteiger partial charge >= 0.3 is 5.69 Å². The molecule has 368 valence electrons. The predicted octanol–water partition coefficient (Wildman–Crippen LogP) is 9.35. The van der Waals surface area contributed by atoms with Gasteiger partial charge in [0.05, 0.1) is 34.3 Å². The van der Waals surface area contributed by atoms with Crippen LogP contribution in [0.2, 0.25) is 0 Å². The number of likely N-dealkylation sites (tertiary alicyclic amines) is 1. The molecule has 69 heavy (non-hydrogen) atoms. The van der Waals surface area contributed by atoms with Gasteiger partial charge in [0.2, 0.25) is 5.82 Å². The van der Waals surface area contributed by atoms with E-state index in [0.717, 1.165) is 63.2 Å². The van der Waals surface area contributed by atoms with Gasteiger partial charge in [-0.25, -0.2) is 22.5 Å². The Bertz CT molecular complexity index is 2840. The van der Waals surface area contributed by atoms with Gasteiger partial charge in [-0.2, -0.15) is 4.98 Å². The Morgan fingerprint density at radius 1 is 1.06 bits per heavy atom. The van der Waals surface area contributed by atoms with Crippen molar-refractivity contribution >= 4 is 44.2 Å². The molecule has 4 aliphatic rings. The molecule has 2 aliphatic carbocycles.